The van der Waals surface area contributed by atoms with E-state index in [0.29, 0.717) is 5.56 Å². The summed E-state index contributed by atoms with van der Waals surface area (Å²) >= 11 is 2.78. The van der Waals surface area contributed by atoms with E-state index < -0.39 is 6.10 Å². The predicted octanol–water partition coefficient (Wildman–Crippen LogP) is 3.18. The molecule has 0 amide bonds. The minimum atomic E-state index is -0.575. The third kappa shape index (κ3) is 3.32. The molecule has 1 aromatic carbocycles. The molecule has 19 heavy (non-hydrogen) atoms. The minimum absolute atomic E-state index is 0.575. The molecule has 1 N–H and O–H groups in total. The third-order valence-electron chi connectivity index (χ3n) is 2.56. The van der Waals surface area contributed by atoms with Crippen LogP contribution in [0.2, 0.25) is 0 Å². The van der Waals surface area contributed by atoms with Gasteiger partial charge in [0.25, 0.3) is 0 Å². The van der Waals surface area contributed by atoms with Crippen molar-refractivity contribution in [1.29, 1.82) is 5.26 Å². The lowest BCUT2D eigenvalue weighted by Gasteiger charge is -2.10. The number of aromatic nitrogens is 2. The van der Waals surface area contributed by atoms with Crippen molar-refractivity contribution in [2.45, 2.75) is 35.6 Å². The van der Waals surface area contributed by atoms with Crippen LogP contribution in [0, 0.1) is 11.3 Å². The van der Waals surface area contributed by atoms with Gasteiger partial charge < -0.3 is 5.11 Å². The van der Waals surface area contributed by atoms with Crippen LogP contribution in [-0.2, 0) is 6.42 Å². The monoisotopic (exact) mass is 291 g/mol. The summed E-state index contributed by atoms with van der Waals surface area (Å²) in [6, 6.07) is 7.38. The Kier molecular flexibility index (Phi) is 4.53. The lowest BCUT2D eigenvalue weighted by atomic mass is 10.1. The molecule has 0 aliphatic rings. The van der Waals surface area contributed by atoms with Gasteiger partial charge in [-0.05, 0) is 36.2 Å². The summed E-state index contributed by atoms with van der Waals surface area (Å²) in [4.78, 5) is 5.24. The summed E-state index contributed by atoms with van der Waals surface area (Å²) in [6.45, 7) is 3.72. The standard InChI is InChI=1S/C13H13N3OS2/c1-3-12-15-13(19-16-12)18-11-6-9(7-14)4-5-10(11)8(2)17/h4-6,8,17H,3H2,1-2H3/t8-/m1/s1. The first-order valence-electron chi connectivity index (χ1n) is 5.86. The maximum absolute atomic E-state index is 9.77. The lowest BCUT2D eigenvalue weighted by Crippen LogP contribution is -1.94. The Morgan fingerprint density at radius 2 is 2.32 bits per heavy atom. The third-order valence-corrected chi connectivity index (χ3v) is 4.42. The molecule has 0 fully saturated rings. The molecule has 0 bridgehead atoms. The second-order valence-electron chi connectivity index (χ2n) is 3.97. The molecule has 0 saturated carbocycles. The first-order valence-corrected chi connectivity index (χ1v) is 7.45. The quantitative estimate of drug-likeness (QED) is 0.937. The summed E-state index contributed by atoms with van der Waals surface area (Å²) in [5.74, 6) is 0.822. The summed E-state index contributed by atoms with van der Waals surface area (Å²) in [5.41, 5.74) is 1.38. The fourth-order valence-electron chi connectivity index (χ4n) is 1.55. The van der Waals surface area contributed by atoms with Gasteiger partial charge in [0.05, 0.1) is 17.7 Å². The van der Waals surface area contributed by atoms with Crippen molar-refractivity contribution in [3.8, 4) is 6.07 Å². The maximum Gasteiger partial charge on any atom is 0.174 e. The van der Waals surface area contributed by atoms with Crippen molar-refractivity contribution in [1.82, 2.24) is 9.36 Å². The average Bonchev–Trinajstić information content (AvgIpc) is 2.86. The van der Waals surface area contributed by atoms with Gasteiger partial charge in [0.2, 0.25) is 0 Å². The fourth-order valence-corrected chi connectivity index (χ4v) is 3.47. The van der Waals surface area contributed by atoms with Crippen molar-refractivity contribution in [2.75, 3.05) is 0 Å². The number of benzene rings is 1. The van der Waals surface area contributed by atoms with Crippen LogP contribution < -0.4 is 0 Å². The van der Waals surface area contributed by atoms with Gasteiger partial charge in [-0.15, -0.1) is 0 Å². The number of nitriles is 1. The van der Waals surface area contributed by atoms with E-state index in [2.05, 4.69) is 15.4 Å². The number of hydrogen-bond donors (Lipinski definition) is 1. The molecule has 0 radical (unpaired) electrons. The minimum Gasteiger partial charge on any atom is -0.389 e. The molecule has 0 saturated heterocycles. The van der Waals surface area contributed by atoms with Crippen LogP contribution in [-0.4, -0.2) is 14.5 Å². The Bertz CT molecular complexity index is 617. The largest absolute Gasteiger partial charge is 0.389 e. The maximum atomic E-state index is 9.77. The van der Waals surface area contributed by atoms with E-state index in [-0.39, 0.29) is 0 Å². The van der Waals surface area contributed by atoms with Gasteiger partial charge in [0, 0.05) is 11.3 Å². The molecule has 98 valence electrons. The van der Waals surface area contributed by atoms with Gasteiger partial charge in [-0.1, -0.05) is 24.8 Å². The second kappa shape index (κ2) is 6.15. The Morgan fingerprint density at radius 3 is 2.89 bits per heavy atom. The Labute approximate surface area is 120 Å². The highest BCUT2D eigenvalue weighted by Gasteiger charge is 2.12. The van der Waals surface area contributed by atoms with E-state index in [1.807, 2.05) is 6.92 Å². The van der Waals surface area contributed by atoms with Gasteiger partial charge in [0.1, 0.15) is 5.82 Å². The first-order chi connectivity index (χ1) is 9.13. The number of aliphatic hydroxyl groups excluding tert-OH is 1. The summed E-state index contributed by atoms with van der Waals surface area (Å²) in [6.07, 6.45) is 0.229. The van der Waals surface area contributed by atoms with Gasteiger partial charge >= 0.3 is 0 Å². The Balaban J connectivity index is 2.34. The van der Waals surface area contributed by atoms with E-state index in [0.717, 1.165) is 27.0 Å². The first kappa shape index (κ1) is 14.0. The number of hydrogen-bond acceptors (Lipinski definition) is 6. The van der Waals surface area contributed by atoms with Crippen LogP contribution in [0.15, 0.2) is 27.4 Å². The molecule has 1 aromatic heterocycles. The van der Waals surface area contributed by atoms with Crippen molar-refractivity contribution >= 4 is 23.3 Å². The van der Waals surface area contributed by atoms with Crippen molar-refractivity contribution in [2.24, 2.45) is 0 Å². The molecule has 2 rings (SSSR count). The van der Waals surface area contributed by atoms with Crippen molar-refractivity contribution in [3.05, 3.63) is 35.2 Å². The van der Waals surface area contributed by atoms with Gasteiger partial charge in [0.15, 0.2) is 4.34 Å². The van der Waals surface area contributed by atoms with Crippen LogP contribution in [0.25, 0.3) is 0 Å². The molecule has 4 nitrogen and oxygen atoms in total. The van der Waals surface area contributed by atoms with E-state index in [1.54, 1.807) is 25.1 Å². The SMILES string of the molecule is CCc1nsc(Sc2cc(C#N)ccc2[C@@H](C)O)n1. The van der Waals surface area contributed by atoms with Gasteiger partial charge in [-0.25, -0.2) is 4.98 Å². The van der Waals surface area contributed by atoms with E-state index >= 15 is 0 Å². The average molecular weight is 291 g/mol. The topological polar surface area (TPSA) is 69.8 Å². The summed E-state index contributed by atoms with van der Waals surface area (Å²) in [5, 5.41) is 18.7. The highest BCUT2D eigenvalue weighted by atomic mass is 32.2. The van der Waals surface area contributed by atoms with Crippen LogP contribution in [0.1, 0.15) is 36.9 Å². The van der Waals surface area contributed by atoms with Crippen LogP contribution in [0.5, 0.6) is 0 Å². The smallest absolute Gasteiger partial charge is 0.174 e. The zero-order valence-corrected chi connectivity index (χ0v) is 12.3. The van der Waals surface area contributed by atoms with Crippen molar-refractivity contribution in [3.63, 3.8) is 0 Å². The van der Waals surface area contributed by atoms with E-state index in [4.69, 9.17) is 5.26 Å². The van der Waals surface area contributed by atoms with Crippen molar-refractivity contribution < 1.29 is 5.11 Å². The second-order valence-corrected chi connectivity index (χ2v) is 6.01. The van der Waals surface area contributed by atoms with Gasteiger partial charge in [-0.2, -0.15) is 9.64 Å². The fraction of sp³-hybridized carbons (Fsp3) is 0.308. The highest BCUT2D eigenvalue weighted by molar-refractivity contribution is 8.01. The summed E-state index contributed by atoms with van der Waals surface area (Å²) in [7, 11) is 0. The van der Waals surface area contributed by atoms with E-state index in [9.17, 15) is 5.11 Å². The lowest BCUT2D eigenvalue weighted by molar-refractivity contribution is 0.196. The Hall–Kier alpha value is -1.42. The molecule has 0 unspecified atom stereocenters. The molecule has 0 spiro atoms. The Morgan fingerprint density at radius 1 is 1.53 bits per heavy atom. The van der Waals surface area contributed by atoms with Crippen LogP contribution >= 0.6 is 23.3 Å². The molecular formula is C13H13N3OS2. The molecule has 1 atom stereocenters. The molecule has 0 aliphatic carbocycles. The molecule has 6 heteroatoms. The normalized spacial score (nSPS) is 12.1. The summed E-state index contributed by atoms with van der Waals surface area (Å²) < 4.78 is 5.06. The zero-order chi connectivity index (χ0) is 13.8. The molecule has 2 aromatic rings. The number of aliphatic hydroxyl groups is 1. The number of nitrogens with zero attached hydrogens (tertiary/aromatic N) is 3. The van der Waals surface area contributed by atoms with Crippen LogP contribution in [0.3, 0.4) is 0 Å². The van der Waals surface area contributed by atoms with Gasteiger partial charge in [-0.3, -0.25) is 0 Å². The highest BCUT2D eigenvalue weighted by Crippen LogP contribution is 2.34. The molecule has 1 heterocycles. The van der Waals surface area contributed by atoms with E-state index in [1.165, 1.54) is 23.3 Å². The molecule has 0 aliphatic heterocycles. The number of rotatable bonds is 4. The predicted molar refractivity (Wildman–Crippen MR) is 75.2 cm³/mol. The van der Waals surface area contributed by atoms with Crippen LogP contribution in [0.4, 0.5) is 0 Å². The number of aryl methyl sites for hydroxylation is 1. The zero-order valence-electron chi connectivity index (χ0n) is 10.6. The molecular weight excluding hydrogens is 278 g/mol.